The minimum Gasteiger partial charge on any atom is -0.389 e. The summed E-state index contributed by atoms with van der Waals surface area (Å²) in [5, 5.41) is 33.4. The largest absolute Gasteiger partial charge is 0.389 e. The standard InChI is InChI=1S/C47H50N12O2/c1-36(60)49-38-10-14-40(15-11-38)51-42-18-22-44(23-19-42)53-55-46-8-4-29-58(34-46)31-6-26-48-27-33-57(3)28-7-32-59-30-5-9-47(35-59)56-54-45-24-20-43(21-25-45)52-41-16-12-39(13-17-41)50-37(2)61/h4-5,8-25,27,29-30,33-35,48H,6-7,26,28,31-32H2,1-3H3,(H2-2,49,50,51,52,53,54,55,56,60,61)/p+2/b33-27-. The molecule has 14 nitrogen and oxygen atoms in total. The van der Waals surface area contributed by atoms with Gasteiger partial charge in [-0.3, -0.25) is 9.59 Å². The normalized spacial score (nSPS) is 11.2. The van der Waals surface area contributed by atoms with Gasteiger partial charge < -0.3 is 31.5 Å². The van der Waals surface area contributed by atoms with Crippen molar-refractivity contribution in [3.05, 3.63) is 159 Å². The molecule has 0 aliphatic carbocycles. The van der Waals surface area contributed by atoms with Gasteiger partial charge in [0.25, 0.3) is 0 Å². The van der Waals surface area contributed by atoms with Gasteiger partial charge in [-0.25, -0.2) is 9.13 Å². The van der Waals surface area contributed by atoms with E-state index in [2.05, 4.69) is 74.3 Å². The molecule has 4 aromatic carbocycles. The van der Waals surface area contributed by atoms with Gasteiger partial charge in [0.05, 0.1) is 11.4 Å². The molecule has 0 fully saturated rings. The zero-order valence-corrected chi connectivity index (χ0v) is 34.7. The molecule has 6 aromatic rings. The van der Waals surface area contributed by atoms with Crippen LogP contribution in [0.3, 0.4) is 0 Å². The van der Waals surface area contributed by atoms with Gasteiger partial charge in [0.15, 0.2) is 24.8 Å². The number of rotatable bonds is 20. The van der Waals surface area contributed by atoms with Crippen LogP contribution < -0.4 is 35.7 Å². The molecule has 0 saturated carbocycles. The minimum atomic E-state index is -0.0961. The quantitative estimate of drug-likeness (QED) is 0.0294. The Kier molecular flexibility index (Phi) is 15.8. The summed E-state index contributed by atoms with van der Waals surface area (Å²) in [5.41, 5.74) is 8.30. The summed E-state index contributed by atoms with van der Waals surface area (Å²) in [4.78, 5) is 24.7. The van der Waals surface area contributed by atoms with Gasteiger partial charge in [-0.2, -0.15) is 10.2 Å². The van der Waals surface area contributed by atoms with E-state index in [0.717, 1.165) is 95.9 Å². The lowest BCUT2D eigenvalue weighted by Gasteiger charge is -2.12. The topological polar surface area (TPSA) is 155 Å². The van der Waals surface area contributed by atoms with Crippen LogP contribution in [0.5, 0.6) is 0 Å². The van der Waals surface area contributed by atoms with Gasteiger partial charge in [-0.15, -0.1) is 10.2 Å². The second-order valence-corrected chi connectivity index (χ2v) is 14.3. The molecule has 2 aromatic heterocycles. The van der Waals surface area contributed by atoms with Crippen LogP contribution in [0.25, 0.3) is 0 Å². The number of amides is 2. The van der Waals surface area contributed by atoms with E-state index in [-0.39, 0.29) is 11.8 Å². The third-order valence-corrected chi connectivity index (χ3v) is 9.08. The van der Waals surface area contributed by atoms with Crippen LogP contribution in [0.2, 0.25) is 0 Å². The lowest BCUT2D eigenvalue weighted by atomic mass is 10.2. The van der Waals surface area contributed by atoms with Crippen molar-refractivity contribution in [2.24, 2.45) is 20.5 Å². The summed E-state index contributed by atoms with van der Waals surface area (Å²) in [6, 6.07) is 38.5. The second kappa shape index (κ2) is 22.4. The fourth-order valence-corrected chi connectivity index (χ4v) is 6.08. The summed E-state index contributed by atoms with van der Waals surface area (Å²) >= 11 is 0. The van der Waals surface area contributed by atoms with Crippen molar-refractivity contribution >= 4 is 68.7 Å². The van der Waals surface area contributed by atoms with Crippen molar-refractivity contribution in [3.8, 4) is 0 Å². The van der Waals surface area contributed by atoms with Crippen molar-refractivity contribution < 1.29 is 18.7 Å². The van der Waals surface area contributed by atoms with E-state index >= 15 is 0 Å². The van der Waals surface area contributed by atoms with E-state index in [9.17, 15) is 9.59 Å². The summed E-state index contributed by atoms with van der Waals surface area (Å²) in [5.74, 6) is -0.192. The van der Waals surface area contributed by atoms with Crippen molar-refractivity contribution in [2.75, 3.05) is 41.4 Å². The molecule has 0 aliphatic heterocycles. The maximum absolute atomic E-state index is 11.2. The van der Waals surface area contributed by atoms with Crippen molar-refractivity contribution in [2.45, 2.75) is 39.8 Å². The maximum atomic E-state index is 11.2. The van der Waals surface area contributed by atoms with Crippen LogP contribution in [0.4, 0.5) is 56.9 Å². The zero-order chi connectivity index (χ0) is 42.7. The van der Waals surface area contributed by atoms with E-state index in [1.165, 1.54) is 13.8 Å². The van der Waals surface area contributed by atoms with Gasteiger partial charge in [0.1, 0.15) is 24.5 Å². The Balaban J connectivity index is 0.850. The number of hydrogen-bond acceptors (Lipinski definition) is 10. The Morgan fingerprint density at radius 3 is 1.38 bits per heavy atom. The molecule has 0 spiro atoms. The molecule has 0 aliphatic rings. The summed E-state index contributed by atoms with van der Waals surface area (Å²) < 4.78 is 4.26. The minimum absolute atomic E-state index is 0.0959. The fraction of sp³-hybridized carbons (Fsp3) is 0.191. The molecular formula is C47H52N12O2+2. The molecule has 2 amide bonds. The van der Waals surface area contributed by atoms with Crippen LogP contribution >= 0.6 is 0 Å². The van der Waals surface area contributed by atoms with E-state index in [0.29, 0.717) is 0 Å². The molecular weight excluding hydrogens is 765 g/mol. The Bertz CT molecular complexity index is 2420. The van der Waals surface area contributed by atoms with Crippen molar-refractivity contribution in [1.82, 2.24) is 10.2 Å². The lowest BCUT2D eigenvalue weighted by molar-refractivity contribution is -0.696. The number of nitrogens with one attached hydrogen (secondary N) is 5. The van der Waals surface area contributed by atoms with Crippen LogP contribution in [0.1, 0.15) is 26.7 Å². The number of azo groups is 2. The first-order valence-electron chi connectivity index (χ1n) is 20.1. The molecule has 0 atom stereocenters. The Hall–Kier alpha value is -7.74. The average Bonchev–Trinajstić information content (AvgIpc) is 3.26. The number of carbonyl (C=O) groups excluding carboxylic acids is 2. The number of anilines is 6. The van der Waals surface area contributed by atoms with Crippen LogP contribution in [0.15, 0.2) is 179 Å². The second-order valence-electron chi connectivity index (χ2n) is 14.3. The monoisotopic (exact) mass is 816 g/mol. The molecule has 0 saturated heterocycles. The SMILES string of the molecule is CC(=O)Nc1ccc(Nc2ccc(N=Nc3ccc[n+](CCCN/C=C\N(C)CCC[n+]4cccc(N=Nc5ccc(Nc6ccc(NC(C)=O)cc6)cc5)c4)c3)cc2)cc1. The first-order valence-corrected chi connectivity index (χ1v) is 20.1. The van der Waals surface area contributed by atoms with Crippen molar-refractivity contribution in [3.63, 3.8) is 0 Å². The molecule has 0 unspecified atom stereocenters. The summed E-state index contributed by atoms with van der Waals surface area (Å²) in [6.45, 7) is 6.45. The fourth-order valence-electron chi connectivity index (χ4n) is 6.08. The molecule has 310 valence electrons. The first kappa shape index (κ1) is 42.9. The Morgan fingerprint density at radius 1 is 0.541 bits per heavy atom. The highest BCUT2D eigenvalue weighted by Crippen LogP contribution is 2.25. The molecule has 2 heterocycles. The number of benzene rings is 4. The predicted octanol–water partition coefficient (Wildman–Crippen LogP) is 9.97. The van der Waals surface area contributed by atoms with Gasteiger partial charge in [-0.05, 0) is 109 Å². The molecule has 0 bridgehead atoms. The van der Waals surface area contributed by atoms with Gasteiger partial charge in [-0.1, -0.05) is 0 Å². The third-order valence-electron chi connectivity index (χ3n) is 9.08. The number of aromatic nitrogens is 2. The third kappa shape index (κ3) is 15.2. The first-order chi connectivity index (χ1) is 29.7. The van der Waals surface area contributed by atoms with Gasteiger partial charge in [0, 0.05) is 105 Å². The molecule has 6 rings (SSSR count). The number of hydrogen-bond donors (Lipinski definition) is 5. The van der Waals surface area contributed by atoms with Crippen LogP contribution in [-0.4, -0.2) is 36.9 Å². The Labute approximate surface area is 356 Å². The highest BCUT2D eigenvalue weighted by atomic mass is 16.2. The number of pyridine rings is 2. The predicted molar refractivity (Wildman–Crippen MR) is 242 cm³/mol. The van der Waals surface area contributed by atoms with E-state index < -0.39 is 0 Å². The number of carbonyl (C=O) groups is 2. The maximum Gasteiger partial charge on any atom is 0.221 e. The molecule has 0 radical (unpaired) electrons. The van der Waals surface area contributed by atoms with E-state index in [4.69, 9.17) is 0 Å². The highest BCUT2D eigenvalue weighted by molar-refractivity contribution is 5.89. The highest BCUT2D eigenvalue weighted by Gasteiger charge is 2.06. The summed E-state index contributed by atoms with van der Waals surface area (Å²) in [6.07, 6.45) is 14.1. The molecule has 14 heteroatoms. The summed E-state index contributed by atoms with van der Waals surface area (Å²) in [7, 11) is 2.08. The Morgan fingerprint density at radius 2 is 0.934 bits per heavy atom. The smallest absolute Gasteiger partial charge is 0.221 e. The van der Waals surface area contributed by atoms with Crippen LogP contribution in [0, 0.1) is 0 Å². The molecule has 5 N–H and O–H groups in total. The number of aryl methyl sites for hydroxylation is 2. The van der Waals surface area contributed by atoms with Crippen LogP contribution in [-0.2, 0) is 22.7 Å². The van der Waals surface area contributed by atoms with Gasteiger partial charge in [0.2, 0.25) is 11.8 Å². The van der Waals surface area contributed by atoms with Gasteiger partial charge >= 0.3 is 0 Å². The van der Waals surface area contributed by atoms with E-state index in [1.54, 1.807) is 0 Å². The average molecular weight is 817 g/mol. The number of nitrogens with zero attached hydrogens (tertiary/aromatic N) is 7. The lowest BCUT2D eigenvalue weighted by Crippen LogP contribution is -2.34. The van der Waals surface area contributed by atoms with Crippen molar-refractivity contribution in [1.29, 1.82) is 0 Å². The molecule has 61 heavy (non-hydrogen) atoms. The zero-order valence-electron chi connectivity index (χ0n) is 34.7. The van der Waals surface area contributed by atoms with E-state index in [1.807, 2.05) is 152 Å².